The summed E-state index contributed by atoms with van der Waals surface area (Å²) in [5, 5.41) is 11.0. The second-order valence-corrected chi connectivity index (χ2v) is 3.12. The first-order valence-electron chi connectivity index (χ1n) is 4.86. The highest BCUT2D eigenvalue weighted by molar-refractivity contribution is 6.03. The summed E-state index contributed by atoms with van der Waals surface area (Å²) < 4.78 is 0. The minimum absolute atomic E-state index is 0.374. The molecule has 1 amide bonds. The van der Waals surface area contributed by atoms with Gasteiger partial charge in [-0.05, 0) is 36.6 Å². The Morgan fingerprint density at radius 2 is 1.94 bits per heavy atom. The van der Waals surface area contributed by atoms with Gasteiger partial charge in [-0.1, -0.05) is 18.1 Å². The van der Waals surface area contributed by atoms with Crippen LogP contribution in [-0.4, -0.2) is 17.0 Å². The number of carboxylic acids is 1. The van der Waals surface area contributed by atoms with E-state index in [1.54, 1.807) is 31.2 Å². The standard InChI is InChI=1S/C13H11NO3/c1-2-3-12(15)14-11-7-4-10(5-8-11)6-9-13(16)17/h4-9H,1H3,(H,14,15)(H,16,17)/b9-6+. The van der Waals surface area contributed by atoms with Crippen LogP contribution in [0.3, 0.4) is 0 Å². The number of amides is 1. The summed E-state index contributed by atoms with van der Waals surface area (Å²) in [5.41, 5.74) is 1.36. The van der Waals surface area contributed by atoms with Crippen molar-refractivity contribution < 1.29 is 14.7 Å². The summed E-state index contributed by atoms with van der Waals surface area (Å²) in [7, 11) is 0. The number of hydrogen-bond acceptors (Lipinski definition) is 2. The molecule has 86 valence electrons. The average Bonchev–Trinajstić information content (AvgIpc) is 2.28. The molecule has 4 nitrogen and oxygen atoms in total. The van der Waals surface area contributed by atoms with Crippen LogP contribution >= 0.6 is 0 Å². The SMILES string of the molecule is CC#CC(=O)Nc1ccc(/C=C/C(=O)O)cc1. The van der Waals surface area contributed by atoms with Crippen LogP contribution < -0.4 is 5.32 Å². The summed E-state index contributed by atoms with van der Waals surface area (Å²) in [6, 6.07) is 6.76. The molecule has 0 bridgehead atoms. The van der Waals surface area contributed by atoms with E-state index in [1.165, 1.54) is 6.08 Å². The molecule has 0 saturated heterocycles. The van der Waals surface area contributed by atoms with E-state index in [0.29, 0.717) is 5.69 Å². The Balaban J connectivity index is 2.70. The van der Waals surface area contributed by atoms with Crippen LogP contribution in [0.5, 0.6) is 0 Å². The van der Waals surface area contributed by atoms with E-state index >= 15 is 0 Å². The van der Waals surface area contributed by atoms with Crippen molar-refractivity contribution >= 4 is 23.6 Å². The Morgan fingerprint density at radius 3 is 2.47 bits per heavy atom. The van der Waals surface area contributed by atoms with E-state index in [1.807, 2.05) is 0 Å². The molecule has 4 heteroatoms. The third-order valence-electron chi connectivity index (χ3n) is 1.83. The van der Waals surface area contributed by atoms with E-state index in [4.69, 9.17) is 5.11 Å². The van der Waals surface area contributed by atoms with Crippen LogP contribution in [0.15, 0.2) is 30.3 Å². The molecule has 1 aromatic rings. The number of rotatable bonds is 3. The quantitative estimate of drug-likeness (QED) is 0.613. The fourth-order valence-electron chi connectivity index (χ4n) is 1.12. The van der Waals surface area contributed by atoms with Crippen molar-refractivity contribution in [1.29, 1.82) is 0 Å². The second-order valence-electron chi connectivity index (χ2n) is 3.12. The van der Waals surface area contributed by atoms with Gasteiger partial charge in [0, 0.05) is 11.8 Å². The lowest BCUT2D eigenvalue weighted by molar-refractivity contribution is -0.131. The average molecular weight is 229 g/mol. The first-order chi connectivity index (χ1) is 8.11. The van der Waals surface area contributed by atoms with Gasteiger partial charge in [0.05, 0.1) is 0 Å². The molecule has 2 N–H and O–H groups in total. The van der Waals surface area contributed by atoms with Crippen molar-refractivity contribution in [3.63, 3.8) is 0 Å². The Morgan fingerprint density at radius 1 is 1.29 bits per heavy atom. The Kier molecular flexibility index (Phi) is 4.52. The van der Waals surface area contributed by atoms with E-state index in [9.17, 15) is 9.59 Å². The smallest absolute Gasteiger partial charge is 0.328 e. The Labute approximate surface area is 99.0 Å². The van der Waals surface area contributed by atoms with E-state index in [-0.39, 0.29) is 5.91 Å². The van der Waals surface area contributed by atoms with Crippen LogP contribution in [0.25, 0.3) is 6.08 Å². The van der Waals surface area contributed by atoms with Gasteiger partial charge in [-0.2, -0.15) is 0 Å². The van der Waals surface area contributed by atoms with Crippen molar-refractivity contribution in [1.82, 2.24) is 0 Å². The molecule has 0 aromatic heterocycles. The molecule has 0 fully saturated rings. The monoisotopic (exact) mass is 229 g/mol. The zero-order chi connectivity index (χ0) is 12.7. The minimum atomic E-state index is -0.999. The zero-order valence-electron chi connectivity index (χ0n) is 9.23. The van der Waals surface area contributed by atoms with Crippen molar-refractivity contribution in [3.8, 4) is 11.8 Å². The van der Waals surface area contributed by atoms with Gasteiger partial charge < -0.3 is 10.4 Å². The molecule has 1 aromatic carbocycles. The maximum Gasteiger partial charge on any atom is 0.328 e. The zero-order valence-corrected chi connectivity index (χ0v) is 9.23. The molecule has 0 saturated carbocycles. The molecule has 0 atom stereocenters. The molecule has 0 aliphatic rings. The molecular formula is C13H11NO3. The number of anilines is 1. The maximum absolute atomic E-state index is 11.1. The van der Waals surface area contributed by atoms with Crippen LogP contribution in [0.1, 0.15) is 12.5 Å². The van der Waals surface area contributed by atoms with Crippen LogP contribution in [0.2, 0.25) is 0 Å². The summed E-state index contributed by atoms with van der Waals surface area (Å²) in [4.78, 5) is 21.4. The van der Waals surface area contributed by atoms with E-state index in [0.717, 1.165) is 11.6 Å². The second kappa shape index (κ2) is 6.13. The number of carboxylic acid groups (broad SMARTS) is 1. The van der Waals surface area contributed by atoms with Crippen molar-refractivity contribution in [3.05, 3.63) is 35.9 Å². The fourth-order valence-corrected chi connectivity index (χ4v) is 1.12. The van der Waals surface area contributed by atoms with Gasteiger partial charge in [-0.3, -0.25) is 4.79 Å². The minimum Gasteiger partial charge on any atom is -0.478 e. The first kappa shape index (κ1) is 12.5. The summed E-state index contributed by atoms with van der Waals surface area (Å²) >= 11 is 0. The van der Waals surface area contributed by atoms with Crippen LogP contribution in [0, 0.1) is 11.8 Å². The lowest BCUT2D eigenvalue weighted by atomic mass is 10.2. The molecule has 0 radical (unpaired) electrons. The van der Waals surface area contributed by atoms with Gasteiger partial charge in [-0.25, -0.2) is 4.79 Å². The van der Waals surface area contributed by atoms with Crippen molar-refractivity contribution in [2.24, 2.45) is 0 Å². The fraction of sp³-hybridized carbons (Fsp3) is 0.0769. The van der Waals surface area contributed by atoms with Crippen molar-refractivity contribution in [2.75, 3.05) is 5.32 Å². The van der Waals surface area contributed by atoms with Crippen LogP contribution in [0.4, 0.5) is 5.69 Å². The third kappa shape index (κ3) is 4.67. The van der Waals surface area contributed by atoms with Gasteiger partial charge >= 0.3 is 5.97 Å². The van der Waals surface area contributed by atoms with Gasteiger partial charge in [0.1, 0.15) is 0 Å². The third-order valence-corrected chi connectivity index (χ3v) is 1.83. The highest BCUT2D eigenvalue weighted by Crippen LogP contribution is 2.10. The normalized spacial score (nSPS) is 9.47. The molecule has 17 heavy (non-hydrogen) atoms. The molecule has 0 unspecified atom stereocenters. The summed E-state index contributed by atoms with van der Waals surface area (Å²) in [6.07, 6.45) is 2.52. The first-order valence-corrected chi connectivity index (χ1v) is 4.86. The summed E-state index contributed by atoms with van der Waals surface area (Å²) in [5.74, 6) is 3.48. The van der Waals surface area contributed by atoms with Crippen LogP contribution in [-0.2, 0) is 9.59 Å². The highest BCUT2D eigenvalue weighted by Gasteiger charge is 1.97. The molecule has 1 rings (SSSR count). The molecule has 0 spiro atoms. The number of carbonyl (C=O) groups excluding carboxylic acids is 1. The number of aliphatic carboxylic acids is 1. The molecule has 0 aliphatic carbocycles. The lowest BCUT2D eigenvalue weighted by Crippen LogP contribution is -2.07. The van der Waals surface area contributed by atoms with Gasteiger partial charge in [0.15, 0.2) is 0 Å². The Bertz CT molecular complexity index is 504. The Hall–Kier alpha value is -2.54. The van der Waals surface area contributed by atoms with E-state index in [2.05, 4.69) is 17.2 Å². The predicted molar refractivity (Wildman–Crippen MR) is 65.2 cm³/mol. The highest BCUT2D eigenvalue weighted by atomic mass is 16.4. The number of hydrogen-bond donors (Lipinski definition) is 2. The summed E-state index contributed by atoms with van der Waals surface area (Å²) in [6.45, 7) is 1.58. The lowest BCUT2D eigenvalue weighted by Gasteiger charge is -2.00. The van der Waals surface area contributed by atoms with Crippen molar-refractivity contribution in [2.45, 2.75) is 6.92 Å². The van der Waals surface area contributed by atoms with Gasteiger partial charge in [-0.15, -0.1) is 0 Å². The van der Waals surface area contributed by atoms with Gasteiger partial charge in [0.25, 0.3) is 5.91 Å². The predicted octanol–water partition coefficient (Wildman–Crippen LogP) is 1.75. The number of nitrogens with one attached hydrogen (secondary N) is 1. The number of carbonyl (C=O) groups is 2. The largest absolute Gasteiger partial charge is 0.478 e. The molecule has 0 heterocycles. The van der Waals surface area contributed by atoms with E-state index < -0.39 is 5.97 Å². The van der Waals surface area contributed by atoms with Gasteiger partial charge in [0.2, 0.25) is 0 Å². The topological polar surface area (TPSA) is 66.4 Å². The number of benzene rings is 1. The molecule has 0 aliphatic heterocycles. The maximum atomic E-state index is 11.1. The molecular weight excluding hydrogens is 218 g/mol.